The zero-order valence-electron chi connectivity index (χ0n) is 12.6. The van der Waals surface area contributed by atoms with Crippen molar-refractivity contribution in [1.29, 1.82) is 0 Å². The highest BCUT2D eigenvalue weighted by molar-refractivity contribution is 5.92. The van der Waals surface area contributed by atoms with Crippen LogP contribution in [0, 0.1) is 13.8 Å². The quantitative estimate of drug-likeness (QED) is 0.834. The molecule has 1 aliphatic heterocycles. The zero-order valence-corrected chi connectivity index (χ0v) is 12.6. The van der Waals surface area contributed by atoms with Crippen LogP contribution in [0.2, 0.25) is 0 Å². The van der Waals surface area contributed by atoms with Gasteiger partial charge in [0, 0.05) is 26.0 Å². The van der Waals surface area contributed by atoms with Crippen molar-refractivity contribution in [2.24, 2.45) is 0 Å². The molecule has 1 aromatic heterocycles. The number of amides is 1. The van der Waals surface area contributed by atoms with Crippen LogP contribution in [0.25, 0.3) is 0 Å². The van der Waals surface area contributed by atoms with Crippen molar-refractivity contribution in [2.75, 3.05) is 26.9 Å². The maximum absolute atomic E-state index is 12.4. The maximum atomic E-state index is 12.4. The van der Waals surface area contributed by atoms with Crippen LogP contribution in [0.5, 0.6) is 0 Å². The van der Waals surface area contributed by atoms with Gasteiger partial charge in [-0.15, -0.1) is 0 Å². The van der Waals surface area contributed by atoms with E-state index in [1.807, 2.05) is 0 Å². The van der Waals surface area contributed by atoms with Gasteiger partial charge in [0.15, 0.2) is 5.69 Å². The van der Waals surface area contributed by atoms with E-state index in [0.29, 0.717) is 44.1 Å². The van der Waals surface area contributed by atoms with Crippen LogP contribution < -0.4 is 10.9 Å². The van der Waals surface area contributed by atoms with E-state index in [4.69, 9.17) is 9.47 Å². The van der Waals surface area contributed by atoms with E-state index in [1.165, 1.54) is 0 Å². The van der Waals surface area contributed by atoms with Crippen molar-refractivity contribution < 1.29 is 14.3 Å². The third-order valence-corrected chi connectivity index (χ3v) is 3.80. The monoisotopic (exact) mass is 295 g/mol. The largest absolute Gasteiger partial charge is 0.382 e. The van der Waals surface area contributed by atoms with Gasteiger partial charge in [-0.2, -0.15) is 0 Å². The minimum atomic E-state index is -0.503. The molecule has 7 heteroatoms. The number of H-pyrrole nitrogens is 1. The molecule has 1 aromatic rings. The number of nitrogens with zero attached hydrogens (tertiary/aromatic N) is 1. The predicted molar refractivity (Wildman–Crippen MR) is 76.5 cm³/mol. The van der Waals surface area contributed by atoms with Gasteiger partial charge in [-0.1, -0.05) is 0 Å². The lowest BCUT2D eigenvalue weighted by atomic mass is 9.90. The van der Waals surface area contributed by atoms with E-state index in [2.05, 4.69) is 15.3 Å². The Morgan fingerprint density at radius 3 is 2.71 bits per heavy atom. The molecular formula is C14H21N3O4. The van der Waals surface area contributed by atoms with Crippen molar-refractivity contribution in [3.8, 4) is 0 Å². The molecule has 1 amide bonds. The third kappa shape index (κ3) is 3.48. The Bertz CT molecular complexity index is 571. The Balaban J connectivity index is 2.23. The second-order valence-electron chi connectivity index (χ2n) is 5.40. The summed E-state index contributed by atoms with van der Waals surface area (Å²) >= 11 is 0. The molecular weight excluding hydrogens is 274 g/mol. The summed E-state index contributed by atoms with van der Waals surface area (Å²) < 4.78 is 10.5. The van der Waals surface area contributed by atoms with Gasteiger partial charge in [-0.25, -0.2) is 4.98 Å². The van der Waals surface area contributed by atoms with Crippen LogP contribution >= 0.6 is 0 Å². The number of aryl methyl sites for hydroxylation is 2. The molecule has 1 fully saturated rings. The molecule has 0 unspecified atom stereocenters. The number of methoxy groups -OCH3 is 1. The van der Waals surface area contributed by atoms with Crippen LogP contribution in [0.1, 0.15) is 34.7 Å². The summed E-state index contributed by atoms with van der Waals surface area (Å²) in [7, 11) is 1.59. The van der Waals surface area contributed by atoms with Crippen molar-refractivity contribution in [2.45, 2.75) is 32.2 Å². The number of ether oxygens (including phenoxy) is 2. The number of aromatic nitrogens is 2. The molecule has 7 nitrogen and oxygen atoms in total. The van der Waals surface area contributed by atoms with Crippen molar-refractivity contribution in [3.63, 3.8) is 0 Å². The normalized spacial score (nSPS) is 17.5. The lowest BCUT2D eigenvalue weighted by Crippen LogP contribution is -2.55. The Labute approximate surface area is 123 Å². The average molecular weight is 295 g/mol. The number of hydrogen-bond donors (Lipinski definition) is 2. The topological polar surface area (TPSA) is 93.3 Å². The SMILES string of the molecule is COCC1(NC(=O)c2nc(C)c(C)[nH]c2=O)CCOCC1. The van der Waals surface area contributed by atoms with E-state index < -0.39 is 17.0 Å². The van der Waals surface area contributed by atoms with Gasteiger partial charge in [0.05, 0.1) is 17.8 Å². The lowest BCUT2D eigenvalue weighted by molar-refractivity contribution is 0.00192. The van der Waals surface area contributed by atoms with Gasteiger partial charge >= 0.3 is 0 Å². The summed E-state index contributed by atoms with van der Waals surface area (Å²) in [5.74, 6) is -0.474. The van der Waals surface area contributed by atoms with E-state index in [-0.39, 0.29) is 5.69 Å². The van der Waals surface area contributed by atoms with Gasteiger partial charge in [0.2, 0.25) is 0 Å². The highest BCUT2D eigenvalue weighted by Gasteiger charge is 2.35. The van der Waals surface area contributed by atoms with Gasteiger partial charge < -0.3 is 19.8 Å². The first-order valence-electron chi connectivity index (χ1n) is 6.94. The summed E-state index contributed by atoms with van der Waals surface area (Å²) in [5, 5.41) is 2.91. The van der Waals surface area contributed by atoms with E-state index >= 15 is 0 Å². The van der Waals surface area contributed by atoms with Crippen molar-refractivity contribution in [3.05, 3.63) is 27.4 Å². The number of aromatic amines is 1. The molecule has 0 saturated carbocycles. The second kappa shape index (κ2) is 6.36. The summed E-state index contributed by atoms with van der Waals surface area (Å²) in [6.45, 7) is 4.99. The van der Waals surface area contributed by atoms with Crippen LogP contribution in [-0.2, 0) is 9.47 Å². The zero-order chi connectivity index (χ0) is 15.5. The summed E-state index contributed by atoms with van der Waals surface area (Å²) in [5.41, 5.74) is 0.203. The van der Waals surface area contributed by atoms with Crippen LogP contribution in [0.3, 0.4) is 0 Å². The molecule has 0 aromatic carbocycles. The molecule has 116 valence electrons. The minimum Gasteiger partial charge on any atom is -0.382 e. The summed E-state index contributed by atoms with van der Waals surface area (Å²) in [6, 6.07) is 0. The lowest BCUT2D eigenvalue weighted by Gasteiger charge is -2.37. The van der Waals surface area contributed by atoms with Gasteiger partial charge in [-0.05, 0) is 26.7 Å². The van der Waals surface area contributed by atoms with E-state index in [1.54, 1.807) is 21.0 Å². The average Bonchev–Trinajstić information content (AvgIpc) is 2.44. The molecule has 0 spiro atoms. The molecule has 21 heavy (non-hydrogen) atoms. The molecule has 2 N–H and O–H groups in total. The molecule has 0 bridgehead atoms. The van der Waals surface area contributed by atoms with Crippen LogP contribution in [-0.4, -0.2) is 48.3 Å². The second-order valence-corrected chi connectivity index (χ2v) is 5.40. The fraction of sp³-hybridized carbons (Fsp3) is 0.643. The number of carbonyl (C=O) groups excluding carboxylic acids is 1. The number of carbonyl (C=O) groups is 1. The number of hydrogen-bond acceptors (Lipinski definition) is 5. The molecule has 2 rings (SSSR count). The number of rotatable bonds is 4. The van der Waals surface area contributed by atoms with E-state index in [9.17, 15) is 9.59 Å². The highest BCUT2D eigenvalue weighted by atomic mass is 16.5. The van der Waals surface area contributed by atoms with Crippen molar-refractivity contribution >= 4 is 5.91 Å². The van der Waals surface area contributed by atoms with Crippen LogP contribution in [0.15, 0.2) is 4.79 Å². The van der Waals surface area contributed by atoms with Crippen LogP contribution in [0.4, 0.5) is 0 Å². The first-order valence-corrected chi connectivity index (χ1v) is 6.94. The standard InChI is InChI=1S/C14H21N3O4/c1-9-10(2)16-12(18)11(15-9)13(19)17-14(8-20-3)4-6-21-7-5-14/h4-8H2,1-3H3,(H,16,18)(H,17,19). The Morgan fingerprint density at radius 1 is 1.43 bits per heavy atom. The van der Waals surface area contributed by atoms with E-state index in [0.717, 1.165) is 0 Å². The Kier molecular flexibility index (Phi) is 4.74. The summed E-state index contributed by atoms with van der Waals surface area (Å²) in [6.07, 6.45) is 1.30. The Hall–Kier alpha value is -1.73. The highest BCUT2D eigenvalue weighted by Crippen LogP contribution is 2.21. The third-order valence-electron chi connectivity index (χ3n) is 3.80. The number of nitrogens with one attached hydrogen (secondary N) is 2. The molecule has 0 atom stereocenters. The van der Waals surface area contributed by atoms with Gasteiger partial charge in [0.1, 0.15) is 0 Å². The minimum absolute atomic E-state index is 0.111. The van der Waals surface area contributed by atoms with Gasteiger partial charge in [-0.3, -0.25) is 9.59 Å². The summed E-state index contributed by atoms with van der Waals surface area (Å²) in [4.78, 5) is 31.0. The molecule has 1 aliphatic rings. The van der Waals surface area contributed by atoms with Crippen molar-refractivity contribution in [1.82, 2.24) is 15.3 Å². The molecule has 1 saturated heterocycles. The molecule has 2 heterocycles. The fourth-order valence-electron chi connectivity index (χ4n) is 2.42. The Morgan fingerprint density at radius 2 is 2.10 bits per heavy atom. The predicted octanol–water partition coefficient (Wildman–Crippen LogP) is 0.312. The maximum Gasteiger partial charge on any atom is 0.279 e. The first kappa shape index (κ1) is 15.7. The fourth-order valence-corrected chi connectivity index (χ4v) is 2.42. The van der Waals surface area contributed by atoms with Gasteiger partial charge in [0.25, 0.3) is 11.5 Å². The first-order chi connectivity index (χ1) is 9.97. The smallest absolute Gasteiger partial charge is 0.279 e. The molecule has 0 radical (unpaired) electrons. The molecule has 0 aliphatic carbocycles.